The number of carbonyl (C=O) groups excluding carboxylic acids is 1. The van der Waals surface area contributed by atoms with Crippen LogP contribution >= 0.6 is 0 Å². The van der Waals surface area contributed by atoms with Gasteiger partial charge in [0.2, 0.25) is 0 Å². The van der Waals surface area contributed by atoms with E-state index in [0.717, 1.165) is 11.3 Å². The Hall–Kier alpha value is -2.69. The summed E-state index contributed by atoms with van der Waals surface area (Å²) in [5, 5.41) is 2.80. The van der Waals surface area contributed by atoms with E-state index in [1.54, 1.807) is 26.4 Å². The van der Waals surface area contributed by atoms with Crippen molar-refractivity contribution in [3.63, 3.8) is 0 Å². The molecule has 0 saturated heterocycles. The van der Waals surface area contributed by atoms with Crippen LogP contribution in [-0.4, -0.2) is 26.7 Å². The molecule has 0 heterocycles. The molecule has 2 aromatic rings. The molecule has 1 amide bonds. The minimum atomic E-state index is -0.193. The van der Waals surface area contributed by atoms with Gasteiger partial charge < -0.3 is 19.5 Å². The van der Waals surface area contributed by atoms with E-state index in [1.807, 2.05) is 36.4 Å². The number of ether oxygens (including phenoxy) is 3. The Balaban J connectivity index is 1.80. The van der Waals surface area contributed by atoms with Gasteiger partial charge in [-0.15, -0.1) is 0 Å². The predicted octanol–water partition coefficient (Wildman–Crippen LogP) is 2.40. The Labute approximate surface area is 129 Å². The second-order valence-electron chi connectivity index (χ2n) is 4.56. The molecule has 22 heavy (non-hydrogen) atoms. The van der Waals surface area contributed by atoms with Gasteiger partial charge in [0.15, 0.2) is 18.1 Å². The summed E-state index contributed by atoms with van der Waals surface area (Å²) in [6.45, 7) is 0.384. The topological polar surface area (TPSA) is 56.8 Å². The summed E-state index contributed by atoms with van der Waals surface area (Å²) in [4.78, 5) is 11.8. The van der Waals surface area contributed by atoms with E-state index >= 15 is 0 Å². The van der Waals surface area contributed by atoms with E-state index < -0.39 is 0 Å². The fraction of sp³-hybridized carbons (Fsp3) is 0.235. The number of hydrogen-bond acceptors (Lipinski definition) is 4. The molecule has 2 rings (SSSR count). The summed E-state index contributed by atoms with van der Waals surface area (Å²) >= 11 is 0. The van der Waals surface area contributed by atoms with Crippen molar-refractivity contribution in [3.05, 3.63) is 54.1 Å². The molecule has 0 fully saturated rings. The highest BCUT2D eigenvalue weighted by molar-refractivity contribution is 5.77. The molecule has 0 unspecified atom stereocenters. The zero-order valence-corrected chi connectivity index (χ0v) is 12.7. The Morgan fingerprint density at radius 1 is 0.955 bits per heavy atom. The number of nitrogens with one attached hydrogen (secondary N) is 1. The molecule has 0 radical (unpaired) electrons. The first-order valence-corrected chi connectivity index (χ1v) is 6.88. The summed E-state index contributed by atoms with van der Waals surface area (Å²) in [5.41, 5.74) is 0.992. The Bertz CT molecular complexity index is 610. The minimum absolute atomic E-state index is 0.0590. The normalized spacial score (nSPS) is 9.91. The van der Waals surface area contributed by atoms with Crippen LogP contribution in [0.3, 0.4) is 0 Å². The molecule has 0 aliphatic carbocycles. The first-order valence-electron chi connectivity index (χ1n) is 6.88. The third-order valence-corrected chi connectivity index (χ3v) is 3.08. The highest BCUT2D eigenvalue weighted by atomic mass is 16.5. The van der Waals surface area contributed by atoms with Gasteiger partial charge in [0.25, 0.3) is 5.91 Å². The molecule has 0 aliphatic rings. The monoisotopic (exact) mass is 301 g/mol. The van der Waals surface area contributed by atoms with Crippen LogP contribution in [0, 0.1) is 0 Å². The molecule has 1 N–H and O–H groups in total. The molecular weight excluding hydrogens is 282 g/mol. The minimum Gasteiger partial charge on any atom is -0.497 e. The van der Waals surface area contributed by atoms with Crippen molar-refractivity contribution in [2.75, 3.05) is 20.8 Å². The van der Waals surface area contributed by atoms with Crippen LogP contribution in [0.25, 0.3) is 0 Å². The standard InChI is InChI=1S/C17H19NO4/c1-20-14-9-7-13(8-10-14)11-18-17(19)12-22-16-6-4-3-5-15(16)21-2/h3-10H,11-12H2,1-2H3,(H,18,19). The Morgan fingerprint density at radius 3 is 2.27 bits per heavy atom. The van der Waals surface area contributed by atoms with Gasteiger partial charge in [0, 0.05) is 6.54 Å². The average molecular weight is 301 g/mol. The highest BCUT2D eigenvalue weighted by Crippen LogP contribution is 2.25. The largest absolute Gasteiger partial charge is 0.497 e. The number of carbonyl (C=O) groups is 1. The molecule has 0 bridgehead atoms. The lowest BCUT2D eigenvalue weighted by Gasteiger charge is -2.10. The van der Waals surface area contributed by atoms with Crippen molar-refractivity contribution in [1.82, 2.24) is 5.32 Å². The summed E-state index contributed by atoms with van der Waals surface area (Å²) in [6.07, 6.45) is 0. The van der Waals surface area contributed by atoms with Crippen LogP contribution in [0.2, 0.25) is 0 Å². The molecule has 0 spiro atoms. The number of amides is 1. The summed E-state index contributed by atoms with van der Waals surface area (Å²) < 4.78 is 15.7. The van der Waals surface area contributed by atoms with E-state index in [-0.39, 0.29) is 12.5 Å². The summed E-state index contributed by atoms with van der Waals surface area (Å²) in [6, 6.07) is 14.7. The number of rotatable bonds is 7. The number of benzene rings is 2. The van der Waals surface area contributed by atoms with Gasteiger partial charge >= 0.3 is 0 Å². The van der Waals surface area contributed by atoms with E-state index in [0.29, 0.717) is 18.0 Å². The van der Waals surface area contributed by atoms with Crippen LogP contribution in [0.1, 0.15) is 5.56 Å². The van der Waals surface area contributed by atoms with E-state index in [2.05, 4.69) is 5.32 Å². The van der Waals surface area contributed by atoms with Gasteiger partial charge in [0.1, 0.15) is 5.75 Å². The third-order valence-electron chi connectivity index (χ3n) is 3.08. The molecule has 116 valence electrons. The van der Waals surface area contributed by atoms with Gasteiger partial charge in [-0.05, 0) is 29.8 Å². The maximum atomic E-state index is 11.8. The van der Waals surface area contributed by atoms with E-state index in [9.17, 15) is 4.79 Å². The van der Waals surface area contributed by atoms with E-state index in [4.69, 9.17) is 14.2 Å². The van der Waals surface area contributed by atoms with E-state index in [1.165, 1.54) is 0 Å². The maximum Gasteiger partial charge on any atom is 0.258 e. The fourth-order valence-electron chi connectivity index (χ4n) is 1.88. The molecule has 0 saturated carbocycles. The van der Waals surface area contributed by atoms with Crippen molar-refractivity contribution in [2.45, 2.75) is 6.54 Å². The molecule has 2 aromatic carbocycles. The van der Waals surface area contributed by atoms with Crippen molar-refractivity contribution in [2.24, 2.45) is 0 Å². The zero-order valence-electron chi connectivity index (χ0n) is 12.7. The molecule has 5 nitrogen and oxygen atoms in total. The first kappa shape index (κ1) is 15.7. The van der Waals surface area contributed by atoms with Gasteiger partial charge in [0.05, 0.1) is 14.2 Å². The van der Waals surface area contributed by atoms with Crippen molar-refractivity contribution < 1.29 is 19.0 Å². The smallest absolute Gasteiger partial charge is 0.258 e. The van der Waals surface area contributed by atoms with Crippen LogP contribution in [0.15, 0.2) is 48.5 Å². The average Bonchev–Trinajstić information content (AvgIpc) is 2.58. The summed E-state index contributed by atoms with van der Waals surface area (Å²) in [7, 11) is 3.18. The van der Waals surface area contributed by atoms with Gasteiger partial charge in [-0.25, -0.2) is 0 Å². The lowest BCUT2D eigenvalue weighted by atomic mass is 10.2. The van der Waals surface area contributed by atoms with Gasteiger partial charge in [-0.3, -0.25) is 4.79 Å². The molecule has 0 atom stereocenters. The lowest BCUT2D eigenvalue weighted by Crippen LogP contribution is -2.28. The van der Waals surface area contributed by atoms with Crippen LogP contribution in [-0.2, 0) is 11.3 Å². The zero-order chi connectivity index (χ0) is 15.8. The van der Waals surface area contributed by atoms with Gasteiger partial charge in [-0.2, -0.15) is 0 Å². The van der Waals surface area contributed by atoms with Gasteiger partial charge in [-0.1, -0.05) is 24.3 Å². The number of methoxy groups -OCH3 is 2. The fourth-order valence-corrected chi connectivity index (χ4v) is 1.88. The maximum absolute atomic E-state index is 11.8. The second kappa shape index (κ2) is 7.93. The number of para-hydroxylation sites is 2. The lowest BCUT2D eigenvalue weighted by molar-refractivity contribution is -0.123. The van der Waals surface area contributed by atoms with Crippen LogP contribution in [0.4, 0.5) is 0 Å². The Kier molecular flexibility index (Phi) is 5.65. The summed E-state index contributed by atoms with van der Waals surface area (Å²) in [5.74, 6) is 1.74. The van der Waals surface area contributed by atoms with Crippen LogP contribution < -0.4 is 19.5 Å². The highest BCUT2D eigenvalue weighted by Gasteiger charge is 2.06. The molecule has 5 heteroatoms. The second-order valence-corrected chi connectivity index (χ2v) is 4.56. The van der Waals surface area contributed by atoms with Crippen molar-refractivity contribution in [3.8, 4) is 17.2 Å². The Morgan fingerprint density at radius 2 is 1.64 bits per heavy atom. The predicted molar refractivity (Wildman–Crippen MR) is 83.3 cm³/mol. The van der Waals surface area contributed by atoms with Crippen molar-refractivity contribution >= 4 is 5.91 Å². The SMILES string of the molecule is COc1ccc(CNC(=O)COc2ccccc2OC)cc1. The molecule has 0 aromatic heterocycles. The quantitative estimate of drug-likeness (QED) is 0.853. The van der Waals surface area contributed by atoms with Crippen molar-refractivity contribution in [1.29, 1.82) is 0 Å². The number of hydrogen-bond donors (Lipinski definition) is 1. The third kappa shape index (κ3) is 4.41. The first-order chi connectivity index (χ1) is 10.7. The molecular formula is C17H19NO4. The van der Waals surface area contributed by atoms with Crippen LogP contribution in [0.5, 0.6) is 17.2 Å². The molecule has 0 aliphatic heterocycles.